The molecule has 6 rings (SSSR count). The molecule has 4 heterocycles. The number of aromatic nitrogens is 4. The number of pyridine rings is 1. The minimum atomic E-state index is 0. The molecule has 0 unspecified atom stereocenters. The van der Waals surface area contributed by atoms with Crippen LogP contribution in [-0.4, -0.2) is 63.5 Å². The van der Waals surface area contributed by atoms with Crippen molar-refractivity contribution in [3.05, 3.63) is 48.9 Å². The van der Waals surface area contributed by atoms with Crippen LogP contribution >= 0.6 is 11.3 Å². The lowest BCUT2D eigenvalue weighted by Gasteiger charge is -2.28. The molecule has 2 fully saturated rings. The van der Waals surface area contributed by atoms with Gasteiger partial charge in [-0.1, -0.05) is 38.0 Å². The van der Waals surface area contributed by atoms with Crippen molar-refractivity contribution in [1.82, 2.24) is 24.6 Å². The molecule has 4 aromatic rings. The lowest BCUT2D eigenvalue weighted by Crippen LogP contribution is -2.38. The Morgan fingerprint density at radius 3 is 2.74 bits per heavy atom. The summed E-state index contributed by atoms with van der Waals surface area (Å²) < 4.78 is 14.8. The number of ether oxygens (including phenoxy) is 2. The summed E-state index contributed by atoms with van der Waals surface area (Å²) in [5, 5.41) is 9.20. The van der Waals surface area contributed by atoms with E-state index in [0.29, 0.717) is 6.04 Å². The van der Waals surface area contributed by atoms with Crippen LogP contribution in [0.4, 0.5) is 5.13 Å². The normalized spacial score (nSPS) is 17.6. The molecule has 9 heteroatoms. The van der Waals surface area contributed by atoms with Crippen LogP contribution in [0.5, 0.6) is 11.5 Å². The molecule has 1 saturated carbocycles. The fourth-order valence-corrected chi connectivity index (χ4v) is 6.42. The highest BCUT2D eigenvalue weighted by Crippen LogP contribution is 2.34. The van der Waals surface area contributed by atoms with Gasteiger partial charge in [-0.3, -0.25) is 14.6 Å². The van der Waals surface area contributed by atoms with Gasteiger partial charge < -0.3 is 14.8 Å². The molecule has 1 aliphatic heterocycles. The summed E-state index contributed by atoms with van der Waals surface area (Å²) in [7, 11) is 0. The van der Waals surface area contributed by atoms with E-state index in [1.165, 1.54) is 32.1 Å². The van der Waals surface area contributed by atoms with Gasteiger partial charge in [0.2, 0.25) is 0 Å². The summed E-state index contributed by atoms with van der Waals surface area (Å²) in [5.74, 6) is 2.29. The third-order valence-electron chi connectivity index (χ3n) is 7.71. The molecule has 0 spiro atoms. The number of anilines is 1. The minimum absolute atomic E-state index is 0. The zero-order chi connectivity index (χ0) is 25.7. The number of nitrogens with one attached hydrogen (secondary N) is 1. The maximum atomic E-state index is 6.24. The summed E-state index contributed by atoms with van der Waals surface area (Å²) in [6, 6.07) is 10.4. The van der Waals surface area contributed by atoms with E-state index in [0.717, 1.165) is 83.4 Å². The molecular formula is C30H40N6O2S. The minimum Gasteiger partial charge on any atom is -0.457 e. The van der Waals surface area contributed by atoms with Crippen molar-refractivity contribution < 1.29 is 9.47 Å². The van der Waals surface area contributed by atoms with Gasteiger partial charge in [0.05, 0.1) is 41.9 Å². The molecule has 0 bridgehead atoms. The third kappa shape index (κ3) is 6.96. The molecule has 1 saturated heterocycles. The number of benzene rings is 1. The first-order chi connectivity index (χ1) is 18.7. The van der Waals surface area contributed by atoms with Gasteiger partial charge in [0.1, 0.15) is 11.5 Å². The lowest BCUT2D eigenvalue weighted by molar-refractivity contribution is 0.0360. The average Bonchev–Trinajstić information content (AvgIpc) is 3.60. The van der Waals surface area contributed by atoms with E-state index < -0.39 is 0 Å². The van der Waals surface area contributed by atoms with Gasteiger partial charge in [-0.2, -0.15) is 5.10 Å². The zero-order valence-electron chi connectivity index (χ0n) is 22.0. The number of rotatable bonds is 9. The highest BCUT2D eigenvalue weighted by atomic mass is 32.1. The molecule has 208 valence electrons. The number of hydrogen-bond acceptors (Lipinski definition) is 8. The molecular weight excluding hydrogens is 508 g/mol. The number of fused-ring (bicyclic) bond motifs is 1. The summed E-state index contributed by atoms with van der Waals surface area (Å²) in [6.45, 7) is 7.72. The molecule has 1 aliphatic carbocycles. The summed E-state index contributed by atoms with van der Waals surface area (Å²) in [5.41, 5.74) is 2.83. The van der Waals surface area contributed by atoms with Crippen molar-refractivity contribution in [2.75, 3.05) is 38.2 Å². The lowest BCUT2D eigenvalue weighted by atomic mass is 9.85. The quantitative estimate of drug-likeness (QED) is 0.249. The van der Waals surface area contributed by atoms with E-state index in [1.54, 1.807) is 17.5 Å². The van der Waals surface area contributed by atoms with Crippen molar-refractivity contribution in [2.45, 2.75) is 59.0 Å². The molecule has 2 aliphatic rings. The number of hydrogen-bond donors (Lipinski definition) is 1. The van der Waals surface area contributed by atoms with Crippen molar-refractivity contribution in [3.8, 4) is 22.8 Å². The number of nitrogens with zero attached hydrogens (tertiary/aromatic N) is 5. The first-order valence-electron chi connectivity index (χ1n) is 13.8. The monoisotopic (exact) mass is 548 g/mol. The van der Waals surface area contributed by atoms with E-state index in [4.69, 9.17) is 14.5 Å². The molecule has 8 nitrogen and oxygen atoms in total. The van der Waals surface area contributed by atoms with E-state index in [9.17, 15) is 0 Å². The van der Waals surface area contributed by atoms with Crippen molar-refractivity contribution in [2.24, 2.45) is 5.92 Å². The molecule has 1 aromatic carbocycles. The largest absolute Gasteiger partial charge is 0.457 e. The molecule has 1 atom stereocenters. The highest BCUT2D eigenvalue weighted by molar-refractivity contribution is 7.22. The Balaban J connectivity index is 0.00000308. The maximum absolute atomic E-state index is 6.24. The fraction of sp³-hybridized carbons (Fsp3) is 0.500. The average molecular weight is 549 g/mol. The second-order valence-corrected chi connectivity index (χ2v) is 11.4. The Morgan fingerprint density at radius 2 is 1.90 bits per heavy atom. The number of thiazole rings is 1. The van der Waals surface area contributed by atoms with E-state index in [-0.39, 0.29) is 7.43 Å². The topological polar surface area (TPSA) is 77.3 Å². The van der Waals surface area contributed by atoms with Gasteiger partial charge in [-0.15, -0.1) is 0 Å². The van der Waals surface area contributed by atoms with Crippen molar-refractivity contribution >= 4 is 26.7 Å². The van der Waals surface area contributed by atoms with Crippen LogP contribution < -0.4 is 10.1 Å². The smallest absolute Gasteiger partial charge is 0.184 e. The Bertz CT molecular complexity index is 1340. The Morgan fingerprint density at radius 1 is 1.08 bits per heavy atom. The molecule has 0 radical (unpaired) electrons. The number of morpholine rings is 1. The first kappa shape index (κ1) is 27.6. The Hall–Kier alpha value is -3.01. The van der Waals surface area contributed by atoms with Crippen LogP contribution in [-0.2, 0) is 11.3 Å². The Kier molecular flexibility index (Phi) is 9.11. The predicted octanol–water partition coefficient (Wildman–Crippen LogP) is 6.70. The van der Waals surface area contributed by atoms with Gasteiger partial charge >= 0.3 is 0 Å². The van der Waals surface area contributed by atoms with E-state index in [2.05, 4.69) is 39.5 Å². The first-order valence-corrected chi connectivity index (χ1v) is 14.7. The van der Waals surface area contributed by atoms with Crippen LogP contribution in [0.15, 0.2) is 48.9 Å². The summed E-state index contributed by atoms with van der Waals surface area (Å²) in [4.78, 5) is 11.8. The maximum Gasteiger partial charge on any atom is 0.184 e. The second-order valence-electron chi connectivity index (χ2n) is 10.4. The standard InChI is InChI=1S/C29H36N6O2S.CH4/c1-21(22-5-3-2-4-6-22)32-29-33-26-8-7-24(18-28(26)38-29)37-25-9-10-30-27(17-25)23-19-31-35(20-23)12-11-34-13-15-36-16-14-34;/h7-10,17-22H,2-6,11-16H2,1H3,(H,32,33);1H4/t21-;/m0./s1. The van der Waals surface area contributed by atoms with Crippen LogP contribution in [0.1, 0.15) is 46.5 Å². The van der Waals surface area contributed by atoms with E-state index >= 15 is 0 Å². The van der Waals surface area contributed by atoms with Crippen LogP contribution in [0.2, 0.25) is 0 Å². The zero-order valence-corrected chi connectivity index (χ0v) is 22.8. The van der Waals surface area contributed by atoms with Gasteiger partial charge in [-0.25, -0.2) is 4.98 Å². The fourth-order valence-electron chi connectivity index (χ4n) is 5.43. The summed E-state index contributed by atoms with van der Waals surface area (Å²) >= 11 is 1.70. The van der Waals surface area contributed by atoms with Crippen LogP contribution in [0, 0.1) is 5.92 Å². The van der Waals surface area contributed by atoms with Gasteiger partial charge in [0, 0.05) is 55.8 Å². The van der Waals surface area contributed by atoms with Crippen LogP contribution in [0.25, 0.3) is 21.5 Å². The molecule has 1 N–H and O–H groups in total. The second kappa shape index (κ2) is 12.9. The molecule has 3 aromatic heterocycles. The van der Waals surface area contributed by atoms with E-state index in [1.807, 2.05) is 35.1 Å². The van der Waals surface area contributed by atoms with Gasteiger partial charge in [0.15, 0.2) is 5.13 Å². The van der Waals surface area contributed by atoms with Gasteiger partial charge in [-0.05, 0) is 43.9 Å². The molecule has 0 amide bonds. The Labute approximate surface area is 235 Å². The third-order valence-corrected chi connectivity index (χ3v) is 8.66. The van der Waals surface area contributed by atoms with Crippen LogP contribution in [0.3, 0.4) is 0 Å². The van der Waals surface area contributed by atoms with Crippen molar-refractivity contribution in [3.63, 3.8) is 0 Å². The predicted molar refractivity (Wildman–Crippen MR) is 159 cm³/mol. The highest BCUT2D eigenvalue weighted by Gasteiger charge is 2.21. The summed E-state index contributed by atoms with van der Waals surface area (Å²) in [6.07, 6.45) is 12.4. The van der Waals surface area contributed by atoms with Crippen molar-refractivity contribution in [1.29, 1.82) is 0 Å². The SMILES string of the molecule is C.C[C@H](Nc1nc2ccc(Oc3ccnc(-c4cnn(CCN5CCOCC5)c4)c3)cc2s1)C1CCCCC1. The molecule has 39 heavy (non-hydrogen) atoms. The van der Waals surface area contributed by atoms with Gasteiger partial charge in [0.25, 0.3) is 0 Å².